The number of aliphatic hydroxyl groups is 2. The fourth-order valence-electron chi connectivity index (χ4n) is 5.20. The van der Waals surface area contributed by atoms with Gasteiger partial charge in [0.1, 0.15) is 5.82 Å². The topological polar surface area (TPSA) is 112 Å². The van der Waals surface area contributed by atoms with Gasteiger partial charge in [-0.25, -0.2) is 4.39 Å². The van der Waals surface area contributed by atoms with Gasteiger partial charge in [0.2, 0.25) is 0 Å². The van der Waals surface area contributed by atoms with Crippen molar-refractivity contribution in [3.8, 4) is 22.4 Å². The molecule has 2 atom stereocenters. The smallest absolute Gasteiger partial charge is 1.00 e. The average molecular weight is 601 g/mol. The van der Waals surface area contributed by atoms with Crippen LogP contribution >= 0.6 is 0 Å². The summed E-state index contributed by atoms with van der Waals surface area (Å²) in [5.41, 5.74) is 4.77. The van der Waals surface area contributed by atoms with Crippen LogP contribution in [0.25, 0.3) is 22.4 Å². The number of carboxylic acids is 1. The Balaban J connectivity index is 0.00000323. The van der Waals surface area contributed by atoms with Crippen molar-refractivity contribution >= 4 is 55.3 Å². The van der Waals surface area contributed by atoms with Gasteiger partial charge < -0.3 is 28.1 Å². The Kier molecular flexibility index (Phi) is 12.3. The third-order valence-corrected chi connectivity index (χ3v) is 6.93. The van der Waals surface area contributed by atoms with Crippen molar-refractivity contribution < 1.29 is 32.2 Å². The maximum absolute atomic E-state index is 14.0. The zero-order chi connectivity index (χ0) is 29.5. The van der Waals surface area contributed by atoms with Crippen LogP contribution in [0.15, 0.2) is 84.9 Å². The van der Waals surface area contributed by atoms with Crippen LogP contribution in [0.3, 0.4) is 0 Å². The van der Waals surface area contributed by atoms with Crippen molar-refractivity contribution in [3.05, 3.63) is 102 Å². The van der Waals surface area contributed by atoms with Gasteiger partial charge in [-0.1, -0.05) is 62.4 Å². The van der Waals surface area contributed by atoms with E-state index in [2.05, 4.69) is 5.32 Å². The van der Waals surface area contributed by atoms with E-state index in [9.17, 15) is 24.2 Å². The van der Waals surface area contributed by atoms with Crippen LogP contribution in [0.2, 0.25) is 0 Å². The molecule has 218 valence electrons. The maximum Gasteiger partial charge on any atom is 2.00 e. The second-order valence-electron chi connectivity index (χ2n) is 10.4. The average Bonchev–Trinajstić information content (AvgIpc) is 3.28. The Labute approximate surface area is 278 Å². The molecule has 4 N–H and O–H groups in total. The molecule has 0 aliphatic carbocycles. The Morgan fingerprint density at radius 3 is 2.05 bits per heavy atom. The minimum absolute atomic E-state index is 0. The first-order chi connectivity index (χ1) is 19.7. The summed E-state index contributed by atoms with van der Waals surface area (Å²) in [7, 11) is 0. The summed E-state index contributed by atoms with van der Waals surface area (Å²) in [6.07, 6.45) is -2.51. The molecule has 0 radical (unpaired) electrons. The van der Waals surface area contributed by atoms with E-state index in [1.54, 1.807) is 12.1 Å². The molecule has 3 aromatic carbocycles. The predicted octanol–water partition coefficient (Wildman–Crippen LogP) is 6.16. The summed E-state index contributed by atoms with van der Waals surface area (Å²) < 4.78 is 16.0. The monoisotopic (exact) mass is 600 g/mol. The van der Waals surface area contributed by atoms with Crippen LogP contribution in [-0.2, 0) is 11.3 Å². The third kappa shape index (κ3) is 8.30. The van der Waals surface area contributed by atoms with E-state index in [0.29, 0.717) is 28.1 Å². The number of hydrogen-bond donors (Lipinski definition) is 4. The molecule has 42 heavy (non-hydrogen) atoms. The number of carbonyl (C=O) groups excluding carboxylic acids is 1. The summed E-state index contributed by atoms with van der Waals surface area (Å²) in [4.78, 5) is 25.0. The normalized spacial score (nSPS) is 12.4. The number of amides is 1. The number of nitrogens with zero attached hydrogens (tertiary/aromatic N) is 1. The number of para-hydroxylation sites is 1. The van der Waals surface area contributed by atoms with E-state index < -0.39 is 24.6 Å². The molecular formula is C33H37CaFN2O5. The summed E-state index contributed by atoms with van der Waals surface area (Å²) in [5.74, 6) is -1.93. The van der Waals surface area contributed by atoms with E-state index in [1.807, 2.05) is 79.1 Å². The van der Waals surface area contributed by atoms with Crippen molar-refractivity contribution in [1.29, 1.82) is 0 Å². The van der Waals surface area contributed by atoms with Crippen molar-refractivity contribution in [3.63, 3.8) is 0 Å². The molecule has 0 saturated carbocycles. The van der Waals surface area contributed by atoms with Gasteiger partial charge in [0, 0.05) is 23.5 Å². The van der Waals surface area contributed by atoms with Gasteiger partial charge in [0.15, 0.2) is 0 Å². The number of aliphatic hydroxyl groups excluding tert-OH is 2. The molecule has 0 spiro atoms. The molecule has 1 heterocycles. The quantitative estimate of drug-likeness (QED) is 0.146. The molecular weight excluding hydrogens is 563 g/mol. The minimum Gasteiger partial charge on any atom is -1.00 e. The van der Waals surface area contributed by atoms with Crippen molar-refractivity contribution in [2.45, 2.75) is 57.8 Å². The molecule has 1 aromatic heterocycles. The SMILES string of the molecule is CC(C)c1c(C(=O)Nc2ccccc2)c(-c2ccccc2)c(-c2ccc(F)cc2)n1CC[C@H](O)C[C@H](O)CC(=O)O.[Ca+2].[H-].[H-]. The van der Waals surface area contributed by atoms with Gasteiger partial charge in [0.25, 0.3) is 5.91 Å². The number of anilines is 1. The van der Waals surface area contributed by atoms with Crippen LogP contribution in [0.5, 0.6) is 0 Å². The van der Waals surface area contributed by atoms with Crippen LogP contribution in [0, 0.1) is 5.82 Å². The van der Waals surface area contributed by atoms with Gasteiger partial charge >= 0.3 is 43.7 Å². The number of benzene rings is 3. The Morgan fingerprint density at radius 1 is 0.881 bits per heavy atom. The van der Waals surface area contributed by atoms with Crippen molar-refractivity contribution in [2.24, 2.45) is 0 Å². The number of carbonyl (C=O) groups is 2. The van der Waals surface area contributed by atoms with Gasteiger partial charge in [0.05, 0.1) is 29.9 Å². The second kappa shape index (κ2) is 15.5. The van der Waals surface area contributed by atoms with Gasteiger partial charge in [-0.05, 0) is 66.3 Å². The number of halogens is 1. The first kappa shape index (κ1) is 33.5. The molecule has 0 aliphatic heterocycles. The van der Waals surface area contributed by atoms with E-state index in [-0.39, 0.29) is 77.6 Å². The Bertz CT molecular complexity index is 1490. The van der Waals surface area contributed by atoms with E-state index in [1.165, 1.54) is 12.1 Å². The number of hydrogen-bond acceptors (Lipinski definition) is 4. The minimum atomic E-state index is -1.18. The standard InChI is InChI=1S/C33H35FN2O5.Ca.2H/c1-21(2)31-30(33(41)35-25-11-7-4-8-12-25)29(22-9-5-3-6-10-22)32(23-13-15-24(34)16-14-23)36(31)18-17-26(37)19-27(38)20-28(39)40;;;/h3-16,21,26-27,37-38H,17-20H2,1-2H3,(H,35,41)(H,39,40);;;/q;+2;2*-1/t26-,27-;;;/m0.../s1. The Hall–Kier alpha value is -3.01. The molecule has 4 aromatic rings. The number of carboxylic acid groups (broad SMARTS) is 1. The van der Waals surface area contributed by atoms with Crippen LogP contribution < -0.4 is 5.32 Å². The Morgan fingerprint density at radius 2 is 1.48 bits per heavy atom. The fourth-order valence-corrected chi connectivity index (χ4v) is 5.20. The van der Waals surface area contributed by atoms with Crippen molar-refractivity contribution in [1.82, 2.24) is 4.57 Å². The maximum atomic E-state index is 14.0. The number of aliphatic carboxylic acids is 1. The first-order valence-corrected chi connectivity index (χ1v) is 13.7. The summed E-state index contributed by atoms with van der Waals surface area (Å²) >= 11 is 0. The van der Waals surface area contributed by atoms with Crippen LogP contribution in [0.1, 0.15) is 57.9 Å². The van der Waals surface area contributed by atoms with Crippen LogP contribution in [-0.4, -0.2) is 81.7 Å². The van der Waals surface area contributed by atoms with Crippen LogP contribution in [0.4, 0.5) is 10.1 Å². The van der Waals surface area contributed by atoms with E-state index >= 15 is 0 Å². The number of rotatable bonds is 12. The summed E-state index contributed by atoms with van der Waals surface area (Å²) in [6, 6.07) is 24.8. The third-order valence-electron chi connectivity index (χ3n) is 6.93. The summed E-state index contributed by atoms with van der Waals surface area (Å²) in [5, 5.41) is 32.8. The summed E-state index contributed by atoms with van der Waals surface area (Å²) in [6.45, 7) is 4.25. The molecule has 7 nitrogen and oxygen atoms in total. The predicted molar refractivity (Wildman–Crippen MR) is 165 cm³/mol. The first-order valence-electron chi connectivity index (χ1n) is 13.7. The molecule has 0 aliphatic rings. The molecule has 4 rings (SSSR count). The van der Waals surface area contributed by atoms with Gasteiger partial charge in [-0.2, -0.15) is 0 Å². The zero-order valence-corrected chi connectivity index (χ0v) is 26.0. The van der Waals surface area contributed by atoms with Gasteiger partial charge in [-0.3, -0.25) is 9.59 Å². The molecule has 9 heteroatoms. The van der Waals surface area contributed by atoms with E-state index in [4.69, 9.17) is 5.11 Å². The van der Waals surface area contributed by atoms with Gasteiger partial charge in [-0.15, -0.1) is 0 Å². The molecule has 0 bridgehead atoms. The molecule has 1 amide bonds. The molecule has 0 unspecified atom stereocenters. The van der Waals surface area contributed by atoms with Crippen molar-refractivity contribution in [2.75, 3.05) is 5.32 Å². The number of nitrogens with one attached hydrogen (secondary N) is 1. The molecule has 0 fully saturated rings. The molecule has 0 saturated heterocycles. The zero-order valence-electron chi connectivity index (χ0n) is 25.8. The number of aromatic nitrogens is 1. The fraction of sp³-hybridized carbons (Fsp3) is 0.273. The largest absolute Gasteiger partial charge is 2.00 e. The van der Waals surface area contributed by atoms with E-state index in [0.717, 1.165) is 11.3 Å². The second-order valence-corrected chi connectivity index (χ2v) is 10.4.